The van der Waals surface area contributed by atoms with Gasteiger partial charge in [-0.3, -0.25) is 4.79 Å². The van der Waals surface area contributed by atoms with E-state index in [0.29, 0.717) is 6.42 Å². The molecule has 2 rings (SSSR count). The lowest BCUT2D eigenvalue weighted by molar-refractivity contribution is -0.241. The maximum Gasteiger partial charge on any atom is 0.308 e. The van der Waals surface area contributed by atoms with Crippen molar-refractivity contribution in [3.8, 4) is 0 Å². The van der Waals surface area contributed by atoms with Crippen LogP contribution in [0.4, 0.5) is 0 Å². The van der Waals surface area contributed by atoms with Crippen molar-refractivity contribution in [1.82, 2.24) is 0 Å². The quantitative estimate of drug-likeness (QED) is 0.684. The van der Waals surface area contributed by atoms with Crippen molar-refractivity contribution in [3.05, 3.63) is 0 Å². The first-order chi connectivity index (χ1) is 9.38. The van der Waals surface area contributed by atoms with E-state index in [-0.39, 0.29) is 12.4 Å². The van der Waals surface area contributed by atoms with Gasteiger partial charge in [-0.25, -0.2) is 0 Å². The Kier molecular flexibility index (Phi) is 4.66. The molecule has 20 heavy (non-hydrogen) atoms. The molecule has 2 fully saturated rings. The molecule has 116 valence electrons. The first-order valence-corrected chi connectivity index (χ1v) is 6.87. The summed E-state index contributed by atoms with van der Waals surface area (Å²) >= 11 is 0. The second-order valence-electron chi connectivity index (χ2n) is 5.52. The SMILES string of the molecule is CCCC(=O)O[C@H]1O[C@H]([C@@H](O)CO)[C@@H]2OC(C)(C)O[C@@H]12. The third-order valence-corrected chi connectivity index (χ3v) is 3.31. The van der Waals surface area contributed by atoms with Gasteiger partial charge in [-0.1, -0.05) is 6.92 Å². The smallest absolute Gasteiger partial charge is 0.308 e. The van der Waals surface area contributed by atoms with Crippen LogP contribution < -0.4 is 0 Å². The molecule has 5 atom stereocenters. The van der Waals surface area contributed by atoms with E-state index < -0.39 is 43.1 Å². The Balaban J connectivity index is 2.08. The summed E-state index contributed by atoms with van der Waals surface area (Å²) in [6.45, 7) is 4.88. The summed E-state index contributed by atoms with van der Waals surface area (Å²) < 4.78 is 22.1. The van der Waals surface area contributed by atoms with Gasteiger partial charge in [0.05, 0.1) is 6.61 Å². The highest BCUT2D eigenvalue weighted by Crippen LogP contribution is 2.40. The Morgan fingerprint density at radius 2 is 2.00 bits per heavy atom. The molecular weight excluding hydrogens is 268 g/mol. The molecule has 0 aromatic heterocycles. The number of carbonyl (C=O) groups excluding carboxylic acids is 1. The average Bonchev–Trinajstić information content (AvgIpc) is 2.83. The average molecular weight is 290 g/mol. The van der Waals surface area contributed by atoms with Gasteiger partial charge in [0.25, 0.3) is 0 Å². The molecule has 0 aromatic carbocycles. The molecule has 0 aliphatic carbocycles. The van der Waals surface area contributed by atoms with Crippen LogP contribution in [-0.4, -0.2) is 59.3 Å². The van der Waals surface area contributed by atoms with Crippen LogP contribution in [0.15, 0.2) is 0 Å². The molecule has 0 radical (unpaired) electrons. The summed E-state index contributed by atoms with van der Waals surface area (Å²) in [6, 6.07) is 0. The maximum absolute atomic E-state index is 11.6. The third-order valence-electron chi connectivity index (χ3n) is 3.31. The summed E-state index contributed by atoms with van der Waals surface area (Å²) in [5.74, 6) is -1.23. The Morgan fingerprint density at radius 3 is 2.60 bits per heavy atom. The normalized spacial score (nSPS) is 36.6. The fraction of sp³-hybridized carbons (Fsp3) is 0.923. The summed E-state index contributed by atoms with van der Waals surface area (Å²) in [5, 5.41) is 18.8. The maximum atomic E-state index is 11.6. The van der Waals surface area contributed by atoms with Crippen LogP contribution in [0, 0.1) is 0 Å². The van der Waals surface area contributed by atoms with Crippen molar-refractivity contribution in [2.45, 2.75) is 70.1 Å². The predicted molar refractivity (Wildman–Crippen MR) is 66.6 cm³/mol. The van der Waals surface area contributed by atoms with Gasteiger partial charge in [0.1, 0.15) is 18.3 Å². The van der Waals surface area contributed by atoms with Crippen molar-refractivity contribution >= 4 is 5.97 Å². The Hall–Kier alpha value is -0.730. The molecule has 0 spiro atoms. The zero-order valence-corrected chi connectivity index (χ0v) is 11.9. The summed E-state index contributed by atoms with van der Waals surface area (Å²) in [7, 11) is 0. The van der Waals surface area contributed by atoms with Gasteiger partial charge in [-0.2, -0.15) is 0 Å². The number of fused-ring (bicyclic) bond motifs is 1. The van der Waals surface area contributed by atoms with Crippen molar-refractivity contribution in [2.75, 3.05) is 6.61 Å². The van der Waals surface area contributed by atoms with Crippen LogP contribution in [0.25, 0.3) is 0 Å². The van der Waals surface area contributed by atoms with E-state index >= 15 is 0 Å². The Labute approximate surface area is 117 Å². The molecule has 0 bridgehead atoms. The van der Waals surface area contributed by atoms with E-state index in [0.717, 1.165) is 0 Å². The lowest BCUT2D eigenvalue weighted by atomic mass is 10.1. The van der Waals surface area contributed by atoms with Gasteiger partial charge in [0, 0.05) is 6.42 Å². The van der Waals surface area contributed by atoms with Gasteiger partial charge in [-0.05, 0) is 20.3 Å². The lowest BCUT2D eigenvalue weighted by Crippen LogP contribution is -2.40. The van der Waals surface area contributed by atoms with Crippen LogP contribution in [0.5, 0.6) is 0 Å². The molecular formula is C13H22O7. The fourth-order valence-corrected chi connectivity index (χ4v) is 2.49. The highest BCUT2D eigenvalue weighted by atomic mass is 16.8. The molecule has 2 aliphatic rings. The van der Waals surface area contributed by atoms with Gasteiger partial charge < -0.3 is 29.2 Å². The van der Waals surface area contributed by atoms with Gasteiger partial charge in [0.15, 0.2) is 11.9 Å². The van der Waals surface area contributed by atoms with E-state index in [9.17, 15) is 9.90 Å². The number of hydrogen-bond donors (Lipinski definition) is 2. The molecule has 0 amide bonds. The minimum absolute atomic E-state index is 0.286. The van der Waals surface area contributed by atoms with Gasteiger partial charge in [-0.15, -0.1) is 0 Å². The van der Waals surface area contributed by atoms with Crippen molar-refractivity contribution in [3.63, 3.8) is 0 Å². The number of aliphatic hydroxyl groups excluding tert-OH is 2. The molecule has 2 saturated heterocycles. The zero-order chi connectivity index (χ0) is 14.9. The predicted octanol–water partition coefficient (Wildman–Crippen LogP) is -0.0721. The molecule has 7 nitrogen and oxygen atoms in total. The largest absolute Gasteiger partial charge is 0.433 e. The highest BCUT2D eigenvalue weighted by Gasteiger charge is 2.58. The summed E-state index contributed by atoms with van der Waals surface area (Å²) in [4.78, 5) is 11.6. The molecule has 2 aliphatic heterocycles. The second kappa shape index (κ2) is 5.95. The minimum Gasteiger partial charge on any atom is -0.433 e. The molecule has 7 heteroatoms. The van der Waals surface area contributed by atoms with Crippen molar-refractivity contribution < 1.29 is 34.0 Å². The number of carbonyl (C=O) groups is 1. The monoisotopic (exact) mass is 290 g/mol. The first kappa shape index (κ1) is 15.7. The molecule has 0 aromatic rings. The van der Waals surface area contributed by atoms with Crippen LogP contribution in [0.1, 0.15) is 33.6 Å². The fourth-order valence-electron chi connectivity index (χ4n) is 2.49. The topological polar surface area (TPSA) is 94.5 Å². The number of ether oxygens (including phenoxy) is 4. The molecule has 2 heterocycles. The standard InChI is InChI=1S/C13H22O7/c1-4-5-8(16)17-12-11-10(19-13(2,3)20-11)9(18-12)7(15)6-14/h7,9-12,14-15H,4-6H2,1-3H3/t7-,9+,10-,11+,12-/m0/s1. The van der Waals surface area contributed by atoms with Crippen LogP contribution in [-0.2, 0) is 23.7 Å². The minimum atomic E-state index is -1.12. The number of aliphatic hydroxyl groups is 2. The van der Waals surface area contributed by atoms with Crippen molar-refractivity contribution in [2.24, 2.45) is 0 Å². The number of esters is 1. The first-order valence-electron chi connectivity index (χ1n) is 6.87. The van der Waals surface area contributed by atoms with Crippen LogP contribution in [0.2, 0.25) is 0 Å². The van der Waals surface area contributed by atoms with Gasteiger partial charge in [0.2, 0.25) is 6.29 Å². The molecule has 0 saturated carbocycles. The van der Waals surface area contributed by atoms with E-state index in [2.05, 4.69) is 0 Å². The Morgan fingerprint density at radius 1 is 1.35 bits per heavy atom. The summed E-state index contributed by atoms with van der Waals surface area (Å²) in [6.07, 6.45) is -3.04. The van der Waals surface area contributed by atoms with E-state index in [4.69, 9.17) is 24.1 Å². The van der Waals surface area contributed by atoms with Crippen LogP contribution in [0.3, 0.4) is 0 Å². The zero-order valence-electron chi connectivity index (χ0n) is 11.9. The third kappa shape index (κ3) is 3.12. The van der Waals surface area contributed by atoms with E-state index in [1.165, 1.54) is 0 Å². The highest BCUT2D eigenvalue weighted by molar-refractivity contribution is 5.69. The Bertz CT molecular complexity index is 357. The molecule has 2 N–H and O–H groups in total. The summed E-state index contributed by atoms with van der Waals surface area (Å²) in [5.41, 5.74) is 0. The van der Waals surface area contributed by atoms with E-state index in [1.807, 2.05) is 6.92 Å². The van der Waals surface area contributed by atoms with Crippen LogP contribution >= 0.6 is 0 Å². The second-order valence-corrected chi connectivity index (χ2v) is 5.52. The molecule has 0 unspecified atom stereocenters. The lowest BCUT2D eigenvalue weighted by Gasteiger charge is -2.25. The number of hydrogen-bond acceptors (Lipinski definition) is 7. The van der Waals surface area contributed by atoms with Gasteiger partial charge >= 0.3 is 5.97 Å². The van der Waals surface area contributed by atoms with Crippen molar-refractivity contribution in [1.29, 1.82) is 0 Å². The van der Waals surface area contributed by atoms with E-state index in [1.54, 1.807) is 13.8 Å². The number of rotatable bonds is 5.